The normalized spacial score (nSPS) is 15.2. The summed E-state index contributed by atoms with van der Waals surface area (Å²) < 4.78 is 39.4. The largest absolute Gasteiger partial charge is 0.416 e. The van der Waals surface area contributed by atoms with Gasteiger partial charge in [0.1, 0.15) is 18.3 Å². The molecule has 0 fully saturated rings. The van der Waals surface area contributed by atoms with Crippen LogP contribution < -0.4 is 0 Å². The van der Waals surface area contributed by atoms with Crippen LogP contribution in [-0.4, -0.2) is 19.9 Å². The van der Waals surface area contributed by atoms with Gasteiger partial charge in [-0.25, -0.2) is 0 Å². The molecule has 0 aliphatic rings. The Morgan fingerprint density at radius 3 is 2.32 bits per heavy atom. The number of rotatable bonds is 3. The van der Waals surface area contributed by atoms with Crippen molar-refractivity contribution in [2.24, 2.45) is 0 Å². The van der Waals surface area contributed by atoms with Crippen LogP contribution in [0.15, 0.2) is 36.9 Å². The molecule has 19 heavy (non-hydrogen) atoms. The summed E-state index contributed by atoms with van der Waals surface area (Å²) in [5.41, 5.74) is -2.03. The van der Waals surface area contributed by atoms with Crippen molar-refractivity contribution in [3.8, 4) is 0 Å². The van der Waals surface area contributed by atoms with E-state index in [1.807, 2.05) is 0 Å². The van der Waals surface area contributed by atoms with Gasteiger partial charge in [0, 0.05) is 0 Å². The fraction of sp³-hybridized carbons (Fsp3) is 0.333. The van der Waals surface area contributed by atoms with Crippen molar-refractivity contribution in [1.29, 1.82) is 0 Å². The summed E-state index contributed by atoms with van der Waals surface area (Å²) in [6, 6.07) is 4.65. The predicted molar refractivity (Wildman–Crippen MR) is 61.0 cm³/mol. The number of alkyl halides is 3. The second-order valence-electron chi connectivity index (χ2n) is 4.49. The predicted octanol–water partition coefficient (Wildman–Crippen LogP) is 2.20. The summed E-state index contributed by atoms with van der Waals surface area (Å²) in [6.07, 6.45) is -1.65. The van der Waals surface area contributed by atoms with Gasteiger partial charge in [-0.2, -0.15) is 13.2 Å². The van der Waals surface area contributed by atoms with Gasteiger partial charge in [-0.3, -0.25) is 0 Å². The first-order valence-corrected chi connectivity index (χ1v) is 5.51. The molecule has 102 valence electrons. The van der Waals surface area contributed by atoms with Crippen LogP contribution in [0.5, 0.6) is 0 Å². The van der Waals surface area contributed by atoms with Gasteiger partial charge < -0.3 is 9.67 Å². The van der Waals surface area contributed by atoms with E-state index in [0.29, 0.717) is 0 Å². The zero-order valence-electron chi connectivity index (χ0n) is 10.1. The van der Waals surface area contributed by atoms with Crippen molar-refractivity contribution in [3.63, 3.8) is 0 Å². The maximum atomic E-state index is 12.6. The van der Waals surface area contributed by atoms with Crippen molar-refractivity contribution < 1.29 is 18.3 Å². The minimum atomic E-state index is -4.43. The highest BCUT2D eigenvalue weighted by molar-refractivity contribution is 5.29. The topological polar surface area (TPSA) is 50.9 Å². The fourth-order valence-electron chi connectivity index (χ4n) is 1.78. The maximum absolute atomic E-state index is 12.6. The molecule has 0 radical (unpaired) electrons. The van der Waals surface area contributed by atoms with Crippen LogP contribution in [-0.2, 0) is 18.3 Å². The number of halogens is 3. The molecule has 2 aromatic rings. The van der Waals surface area contributed by atoms with Gasteiger partial charge in [-0.1, -0.05) is 12.1 Å². The van der Waals surface area contributed by atoms with Gasteiger partial charge in [0.2, 0.25) is 0 Å². The Hall–Kier alpha value is -1.89. The summed E-state index contributed by atoms with van der Waals surface area (Å²) in [4.78, 5) is 0. The van der Waals surface area contributed by atoms with E-state index in [9.17, 15) is 18.3 Å². The van der Waals surface area contributed by atoms with E-state index < -0.39 is 17.3 Å². The third kappa shape index (κ3) is 3.11. The lowest BCUT2D eigenvalue weighted by Gasteiger charge is -2.24. The van der Waals surface area contributed by atoms with E-state index in [2.05, 4.69) is 10.2 Å². The van der Waals surface area contributed by atoms with Crippen molar-refractivity contribution in [1.82, 2.24) is 14.8 Å². The van der Waals surface area contributed by atoms with Crippen molar-refractivity contribution >= 4 is 0 Å². The smallest absolute Gasteiger partial charge is 0.384 e. The number of nitrogens with zero attached hydrogens (tertiary/aromatic N) is 3. The van der Waals surface area contributed by atoms with Gasteiger partial charge in [0.25, 0.3) is 0 Å². The van der Waals surface area contributed by atoms with E-state index in [4.69, 9.17) is 0 Å². The molecular formula is C12H12F3N3O. The van der Waals surface area contributed by atoms with E-state index in [0.717, 1.165) is 12.1 Å². The molecule has 1 heterocycles. The van der Waals surface area contributed by atoms with Gasteiger partial charge in [-0.15, -0.1) is 10.2 Å². The van der Waals surface area contributed by atoms with Crippen LogP contribution in [0.4, 0.5) is 13.2 Å². The first kappa shape index (κ1) is 13.5. The monoisotopic (exact) mass is 271 g/mol. The van der Waals surface area contributed by atoms with Crippen LogP contribution in [0, 0.1) is 0 Å². The highest BCUT2D eigenvalue weighted by Gasteiger charge is 2.32. The van der Waals surface area contributed by atoms with E-state index in [1.54, 1.807) is 0 Å². The fourth-order valence-corrected chi connectivity index (χ4v) is 1.78. The van der Waals surface area contributed by atoms with E-state index in [1.165, 1.54) is 36.3 Å². The van der Waals surface area contributed by atoms with Crippen molar-refractivity contribution in [3.05, 3.63) is 48.0 Å². The Morgan fingerprint density at radius 1 is 1.16 bits per heavy atom. The lowest BCUT2D eigenvalue weighted by molar-refractivity contribution is -0.137. The van der Waals surface area contributed by atoms with E-state index >= 15 is 0 Å². The molecule has 0 aliphatic carbocycles. The Labute approximate surface area is 107 Å². The molecule has 0 bridgehead atoms. The summed E-state index contributed by atoms with van der Waals surface area (Å²) in [5, 5.41) is 17.5. The minimum absolute atomic E-state index is 0.0707. The van der Waals surface area contributed by atoms with Crippen LogP contribution >= 0.6 is 0 Å². The molecular weight excluding hydrogens is 259 g/mol. The second-order valence-corrected chi connectivity index (χ2v) is 4.49. The Balaban J connectivity index is 2.30. The highest BCUT2D eigenvalue weighted by Crippen LogP contribution is 2.32. The summed E-state index contributed by atoms with van der Waals surface area (Å²) in [5.74, 6) is 0. The third-order valence-electron chi connectivity index (χ3n) is 2.77. The van der Waals surface area contributed by atoms with Gasteiger partial charge in [0.05, 0.1) is 12.1 Å². The second kappa shape index (κ2) is 4.65. The molecule has 2 rings (SSSR count). The molecule has 1 atom stereocenters. The molecule has 0 amide bonds. The first-order valence-electron chi connectivity index (χ1n) is 5.51. The number of aliphatic hydroxyl groups is 1. The molecule has 4 nitrogen and oxygen atoms in total. The average Bonchev–Trinajstić information content (AvgIpc) is 2.80. The Morgan fingerprint density at radius 2 is 1.74 bits per heavy atom. The van der Waals surface area contributed by atoms with Crippen LogP contribution in [0.3, 0.4) is 0 Å². The number of hydrogen-bond donors (Lipinski definition) is 1. The number of benzene rings is 1. The summed E-state index contributed by atoms with van der Waals surface area (Å²) in [7, 11) is 0. The third-order valence-corrected chi connectivity index (χ3v) is 2.77. The zero-order valence-corrected chi connectivity index (χ0v) is 10.1. The summed E-state index contributed by atoms with van der Waals surface area (Å²) in [6.45, 7) is 1.52. The number of hydrogen-bond acceptors (Lipinski definition) is 3. The standard InChI is InChI=1S/C12H12F3N3O/c1-11(19,6-18-7-16-17-8-18)9-3-2-4-10(5-9)12(13,14)15/h2-5,7-8,19H,6H2,1H3. The average molecular weight is 271 g/mol. The van der Waals surface area contributed by atoms with Crippen molar-refractivity contribution in [2.45, 2.75) is 25.2 Å². The van der Waals surface area contributed by atoms with Crippen molar-refractivity contribution in [2.75, 3.05) is 0 Å². The maximum Gasteiger partial charge on any atom is 0.416 e. The van der Waals surface area contributed by atoms with Crippen LogP contribution in [0.2, 0.25) is 0 Å². The molecule has 1 aromatic carbocycles. The van der Waals surface area contributed by atoms with Gasteiger partial charge in [-0.05, 0) is 24.6 Å². The zero-order chi connectivity index (χ0) is 14.1. The molecule has 7 heteroatoms. The molecule has 1 N–H and O–H groups in total. The molecule has 0 saturated carbocycles. The highest BCUT2D eigenvalue weighted by atomic mass is 19.4. The SMILES string of the molecule is CC(O)(Cn1cnnc1)c1cccc(C(F)(F)F)c1. The Bertz CT molecular complexity index is 550. The molecule has 1 unspecified atom stereocenters. The number of aromatic nitrogens is 3. The minimum Gasteiger partial charge on any atom is -0.384 e. The summed E-state index contributed by atoms with van der Waals surface area (Å²) >= 11 is 0. The molecule has 0 saturated heterocycles. The Kier molecular flexibility index (Phi) is 3.32. The van der Waals surface area contributed by atoms with E-state index in [-0.39, 0.29) is 12.1 Å². The van der Waals surface area contributed by atoms with Gasteiger partial charge in [0.15, 0.2) is 0 Å². The molecule has 1 aromatic heterocycles. The van der Waals surface area contributed by atoms with Crippen LogP contribution in [0.25, 0.3) is 0 Å². The van der Waals surface area contributed by atoms with Gasteiger partial charge >= 0.3 is 6.18 Å². The quantitative estimate of drug-likeness (QED) is 0.931. The lowest BCUT2D eigenvalue weighted by atomic mass is 9.94. The first-order chi connectivity index (χ1) is 8.79. The molecule has 0 aliphatic heterocycles. The lowest BCUT2D eigenvalue weighted by Crippen LogP contribution is -2.27. The van der Waals surface area contributed by atoms with Crippen LogP contribution in [0.1, 0.15) is 18.1 Å². The molecule has 0 spiro atoms.